The molecule has 19 heavy (non-hydrogen) atoms. The van der Waals surface area contributed by atoms with Crippen LogP contribution >= 0.6 is 23.2 Å². The fourth-order valence-corrected chi connectivity index (χ4v) is 2.84. The van der Waals surface area contributed by atoms with E-state index in [0.717, 1.165) is 0 Å². The third-order valence-corrected chi connectivity index (χ3v) is 4.39. The van der Waals surface area contributed by atoms with Gasteiger partial charge in [0.1, 0.15) is 0 Å². The molecule has 1 saturated carbocycles. The number of likely N-dealkylation sites (N-methyl/N-ethyl adjacent to an activating group) is 1. The lowest BCUT2D eigenvalue weighted by Crippen LogP contribution is -2.36. The molecular formula is C14H18Cl2N2O. The summed E-state index contributed by atoms with van der Waals surface area (Å²) in [5.41, 5.74) is 0.569. The Kier molecular flexibility index (Phi) is 5.08. The molecule has 104 valence electrons. The van der Waals surface area contributed by atoms with E-state index in [1.165, 1.54) is 25.7 Å². The van der Waals surface area contributed by atoms with Crippen molar-refractivity contribution in [2.45, 2.75) is 31.7 Å². The first-order chi connectivity index (χ1) is 9.08. The van der Waals surface area contributed by atoms with Crippen LogP contribution in [0.25, 0.3) is 0 Å². The van der Waals surface area contributed by atoms with E-state index in [1.807, 2.05) is 7.05 Å². The van der Waals surface area contributed by atoms with E-state index in [9.17, 15) is 4.79 Å². The van der Waals surface area contributed by atoms with Crippen LogP contribution in [-0.4, -0.2) is 30.4 Å². The maximum absolute atomic E-state index is 12.0. The van der Waals surface area contributed by atoms with Gasteiger partial charge in [-0.25, -0.2) is 0 Å². The Balaban J connectivity index is 1.91. The summed E-state index contributed by atoms with van der Waals surface area (Å²) in [5.74, 6) is -0.0569. The standard InChI is InChI=1S/C14H18Cl2N2O/c1-18(10-5-2-3-6-10)9-13(19)17-12-8-4-7-11(15)14(12)16/h4,7-8,10H,2-3,5-6,9H2,1H3,(H,17,19). The Bertz CT molecular complexity index is 459. The van der Waals surface area contributed by atoms with Gasteiger partial charge in [-0.05, 0) is 32.0 Å². The summed E-state index contributed by atoms with van der Waals surface area (Å²) in [7, 11) is 2.00. The number of hydrogen-bond acceptors (Lipinski definition) is 2. The Morgan fingerprint density at radius 3 is 2.74 bits per heavy atom. The van der Waals surface area contributed by atoms with Gasteiger partial charge in [-0.1, -0.05) is 42.1 Å². The summed E-state index contributed by atoms with van der Waals surface area (Å²) >= 11 is 12.0. The summed E-state index contributed by atoms with van der Waals surface area (Å²) in [6.07, 6.45) is 4.89. The predicted molar refractivity (Wildman–Crippen MR) is 80.0 cm³/mol. The van der Waals surface area contributed by atoms with Crippen molar-refractivity contribution in [3.05, 3.63) is 28.2 Å². The number of nitrogens with zero attached hydrogens (tertiary/aromatic N) is 1. The molecule has 0 radical (unpaired) electrons. The topological polar surface area (TPSA) is 32.3 Å². The number of anilines is 1. The van der Waals surface area contributed by atoms with Crippen LogP contribution in [0, 0.1) is 0 Å². The Hall–Kier alpha value is -0.770. The van der Waals surface area contributed by atoms with Crippen LogP contribution in [0.1, 0.15) is 25.7 Å². The van der Waals surface area contributed by atoms with Crippen molar-refractivity contribution in [2.75, 3.05) is 18.9 Å². The second-order valence-corrected chi connectivity index (χ2v) is 5.79. The first-order valence-corrected chi connectivity index (χ1v) is 7.27. The van der Waals surface area contributed by atoms with Crippen LogP contribution in [-0.2, 0) is 4.79 Å². The minimum atomic E-state index is -0.0569. The summed E-state index contributed by atoms with van der Waals surface area (Å²) in [5, 5.41) is 3.65. The number of carbonyl (C=O) groups is 1. The number of rotatable bonds is 4. The highest BCUT2D eigenvalue weighted by Crippen LogP contribution is 2.29. The summed E-state index contributed by atoms with van der Waals surface area (Å²) in [4.78, 5) is 14.1. The number of carbonyl (C=O) groups excluding carboxylic acids is 1. The molecule has 0 heterocycles. The van der Waals surface area contributed by atoms with Gasteiger partial charge in [-0.2, -0.15) is 0 Å². The molecule has 1 aromatic rings. The first kappa shape index (κ1) is 14.6. The molecule has 0 spiro atoms. The second-order valence-electron chi connectivity index (χ2n) is 5.00. The van der Waals surface area contributed by atoms with E-state index in [0.29, 0.717) is 28.3 Å². The van der Waals surface area contributed by atoms with Gasteiger partial charge in [0.15, 0.2) is 0 Å². The number of halogens is 2. The minimum absolute atomic E-state index is 0.0569. The summed E-state index contributed by atoms with van der Waals surface area (Å²) < 4.78 is 0. The minimum Gasteiger partial charge on any atom is -0.324 e. The molecule has 0 aliphatic heterocycles. The van der Waals surface area contributed by atoms with Crippen LogP contribution in [0.4, 0.5) is 5.69 Å². The van der Waals surface area contributed by atoms with Crippen LogP contribution in [0.2, 0.25) is 10.0 Å². The van der Waals surface area contributed by atoms with E-state index in [1.54, 1.807) is 18.2 Å². The van der Waals surface area contributed by atoms with Gasteiger partial charge in [0.25, 0.3) is 0 Å². The van der Waals surface area contributed by atoms with Crippen LogP contribution < -0.4 is 5.32 Å². The zero-order valence-electron chi connectivity index (χ0n) is 11.0. The van der Waals surface area contributed by atoms with Gasteiger partial charge in [0.05, 0.1) is 22.3 Å². The van der Waals surface area contributed by atoms with Crippen molar-refractivity contribution in [3.8, 4) is 0 Å². The molecule has 1 amide bonds. The normalized spacial score (nSPS) is 16.0. The molecule has 1 aromatic carbocycles. The molecule has 1 aliphatic rings. The van der Waals surface area contributed by atoms with Crippen molar-refractivity contribution < 1.29 is 4.79 Å². The average Bonchev–Trinajstić information content (AvgIpc) is 2.88. The molecule has 1 fully saturated rings. The molecule has 0 bridgehead atoms. The second kappa shape index (κ2) is 6.60. The van der Waals surface area contributed by atoms with Gasteiger partial charge >= 0.3 is 0 Å². The highest BCUT2D eigenvalue weighted by atomic mass is 35.5. The predicted octanol–water partition coefficient (Wildman–Crippen LogP) is 3.81. The summed E-state index contributed by atoms with van der Waals surface area (Å²) in [6, 6.07) is 5.75. The molecule has 0 saturated heterocycles. The quantitative estimate of drug-likeness (QED) is 0.917. The van der Waals surface area contributed by atoms with Crippen molar-refractivity contribution in [3.63, 3.8) is 0 Å². The zero-order valence-corrected chi connectivity index (χ0v) is 12.5. The SMILES string of the molecule is CN(CC(=O)Nc1cccc(Cl)c1Cl)C1CCCC1. The summed E-state index contributed by atoms with van der Waals surface area (Å²) in [6.45, 7) is 0.382. The van der Waals surface area contributed by atoms with E-state index >= 15 is 0 Å². The molecule has 0 aromatic heterocycles. The lowest BCUT2D eigenvalue weighted by molar-refractivity contribution is -0.117. The zero-order chi connectivity index (χ0) is 13.8. The van der Waals surface area contributed by atoms with Gasteiger partial charge in [-0.3, -0.25) is 9.69 Å². The number of amides is 1. The fraction of sp³-hybridized carbons (Fsp3) is 0.500. The molecule has 3 nitrogen and oxygen atoms in total. The number of hydrogen-bond donors (Lipinski definition) is 1. The van der Waals surface area contributed by atoms with Gasteiger partial charge in [0, 0.05) is 6.04 Å². The van der Waals surface area contributed by atoms with Crippen LogP contribution in [0.3, 0.4) is 0 Å². The molecule has 0 atom stereocenters. The number of nitrogens with one attached hydrogen (secondary N) is 1. The van der Waals surface area contributed by atoms with E-state index < -0.39 is 0 Å². The van der Waals surface area contributed by atoms with E-state index in [-0.39, 0.29) is 5.91 Å². The molecule has 1 aliphatic carbocycles. The molecule has 2 rings (SSSR count). The number of benzene rings is 1. The largest absolute Gasteiger partial charge is 0.324 e. The highest BCUT2D eigenvalue weighted by molar-refractivity contribution is 6.43. The van der Waals surface area contributed by atoms with E-state index in [4.69, 9.17) is 23.2 Å². The Morgan fingerprint density at radius 1 is 1.37 bits per heavy atom. The third kappa shape index (κ3) is 3.85. The van der Waals surface area contributed by atoms with Gasteiger partial charge in [0.2, 0.25) is 5.91 Å². The first-order valence-electron chi connectivity index (χ1n) is 6.52. The maximum atomic E-state index is 12.0. The molecular weight excluding hydrogens is 283 g/mol. The maximum Gasteiger partial charge on any atom is 0.238 e. The molecule has 0 unspecified atom stereocenters. The van der Waals surface area contributed by atoms with Crippen molar-refractivity contribution in [1.29, 1.82) is 0 Å². The van der Waals surface area contributed by atoms with Gasteiger partial charge < -0.3 is 5.32 Å². The average molecular weight is 301 g/mol. The van der Waals surface area contributed by atoms with Crippen LogP contribution in [0.15, 0.2) is 18.2 Å². The monoisotopic (exact) mass is 300 g/mol. The molecule has 1 N–H and O–H groups in total. The van der Waals surface area contributed by atoms with Crippen molar-refractivity contribution >= 4 is 34.8 Å². The van der Waals surface area contributed by atoms with Crippen molar-refractivity contribution in [1.82, 2.24) is 4.90 Å². The Labute approximate surface area is 123 Å². The fourth-order valence-electron chi connectivity index (χ4n) is 2.49. The lowest BCUT2D eigenvalue weighted by Gasteiger charge is -2.23. The van der Waals surface area contributed by atoms with Crippen molar-refractivity contribution in [2.24, 2.45) is 0 Å². The van der Waals surface area contributed by atoms with E-state index in [2.05, 4.69) is 10.2 Å². The van der Waals surface area contributed by atoms with Gasteiger partial charge in [-0.15, -0.1) is 0 Å². The lowest BCUT2D eigenvalue weighted by atomic mass is 10.2. The smallest absolute Gasteiger partial charge is 0.238 e. The highest BCUT2D eigenvalue weighted by Gasteiger charge is 2.21. The Morgan fingerprint density at radius 2 is 2.05 bits per heavy atom. The third-order valence-electron chi connectivity index (χ3n) is 3.57. The molecule has 5 heteroatoms. The van der Waals surface area contributed by atoms with Crippen LogP contribution in [0.5, 0.6) is 0 Å².